The summed E-state index contributed by atoms with van der Waals surface area (Å²) in [5.74, 6) is -2.05. The number of aliphatic hydroxyl groups is 1. The van der Waals surface area contributed by atoms with Crippen LogP contribution in [-0.2, 0) is 14.3 Å². The van der Waals surface area contributed by atoms with Crippen LogP contribution in [0.3, 0.4) is 0 Å². The lowest BCUT2D eigenvalue weighted by Gasteiger charge is -2.08. The van der Waals surface area contributed by atoms with Gasteiger partial charge in [-0.3, -0.25) is 9.59 Å². The Hall–Kier alpha value is -3.61. The molecule has 28 heavy (non-hydrogen) atoms. The van der Waals surface area contributed by atoms with Crippen molar-refractivity contribution >= 4 is 29.1 Å². The lowest BCUT2D eigenvalue weighted by molar-refractivity contribution is -0.131. The van der Waals surface area contributed by atoms with Crippen molar-refractivity contribution in [2.75, 3.05) is 12.4 Å². The largest absolute Gasteiger partial charge is 0.507 e. The van der Waals surface area contributed by atoms with E-state index in [1.165, 1.54) is 31.4 Å². The quantitative estimate of drug-likeness (QED) is 0.329. The van der Waals surface area contributed by atoms with Crippen LogP contribution in [-0.4, -0.2) is 36.0 Å². The van der Waals surface area contributed by atoms with Crippen LogP contribution in [0.2, 0.25) is 0 Å². The van der Waals surface area contributed by atoms with Crippen LogP contribution in [0.5, 0.6) is 5.75 Å². The van der Waals surface area contributed by atoms with Crippen LogP contribution in [0.1, 0.15) is 29.8 Å². The van der Waals surface area contributed by atoms with E-state index in [1.807, 2.05) is 0 Å². The zero-order valence-electron chi connectivity index (χ0n) is 15.8. The summed E-state index contributed by atoms with van der Waals surface area (Å²) in [5.41, 5.74) is 1.03. The number of anilines is 1. The van der Waals surface area contributed by atoms with Crippen LogP contribution in [0.15, 0.2) is 54.6 Å². The fraction of sp³-hybridized carbons (Fsp3) is 0.190. The van der Waals surface area contributed by atoms with Crippen LogP contribution >= 0.6 is 0 Å². The topological polar surface area (TPSA) is 102 Å². The Labute approximate surface area is 162 Å². The first kappa shape index (κ1) is 20.7. The van der Waals surface area contributed by atoms with Crippen LogP contribution in [0, 0.1) is 0 Å². The average Bonchev–Trinajstić information content (AvgIpc) is 2.67. The van der Waals surface area contributed by atoms with Gasteiger partial charge in [0.15, 0.2) is 0 Å². The number of amides is 1. The first-order valence-corrected chi connectivity index (χ1v) is 8.51. The Morgan fingerprint density at radius 2 is 1.54 bits per heavy atom. The number of ether oxygens (including phenoxy) is 2. The Morgan fingerprint density at radius 1 is 0.964 bits per heavy atom. The summed E-state index contributed by atoms with van der Waals surface area (Å²) in [4.78, 5) is 35.8. The Balaban J connectivity index is 2.01. The number of hydrogen-bond donors (Lipinski definition) is 2. The van der Waals surface area contributed by atoms with Gasteiger partial charge in [-0.2, -0.15) is 0 Å². The van der Waals surface area contributed by atoms with E-state index in [0.29, 0.717) is 22.6 Å². The third kappa shape index (κ3) is 5.70. The third-order valence-electron chi connectivity index (χ3n) is 3.60. The van der Waals surface area contributed by atoms with E-state index < -0.39 is 17.7 Å². The van der Waals surface area contributed by atoms with E-state index in [1.54, 1.807) is 38.1 Å². The summed E-state index contributed by atoms with van der Waals surface area (Å²) in [7, 11) is 1.51. The molecule has 0 aliphatic heterocycles. The summed E-state index contributed by atoms with van der Waals surface area (Å²) >= 11 is 0. The SMILES string of the molecule is COc1ccc(C(O)=CC(=O)C(=O)Nc2ccc(C(=O)OC(C)C)cc2)cc1. The fourth-order valence-corrected chi connectivity index (χ4v) is 2.20. The van der Waals surface area contributed by atoms with Gasteiger partial charge in [0.2, 0.25) is 5.78 Å². The van der Waals surface area contributed by atoms with E-state index in [0.717, 1.165) is 6.08 Å². The van der Waals surface area contributed by atoms with Gasteiger partial charge in [0, 0.05) is 17.3 Å². The number of carbonyl (C=O) groups excluding carboxylic acids is 3. The van der Waals surface area contributed by atoms with Gasteiger partial charge in [0.05, 0.1) is 18.8 Å². The van der Waals surface area contributed by atoms with Crippen molar-refractivity contribution in [3.63, 3.8) is 0 Å². The van der Waals surface area contributed by atoms with Crippen molar-refractivity contribution in [1.82, 2.24) is 0 Å². The van der Waals surface area contributed by atoms with Crippen LogP contribution in [0.25, 0.3) is 5.76 Å². The van der Waals surface area contributed by atoms with Crippen molar-refractivity contribution in [2.45, 2.75) is 20.0 Å². The molecule has 2 N–H and O–H groups in total. The molecule has 0 fully saturated rings. The average molecular weight is 383 g/mol. The fourth-order valence-electron chi connectivity index (χ4n) is 2.20. The molecule has 0 saturated carbocycles. The van der Waals surface area contributed by atoms with E-state index in [2.05, 4.69) is 5.32 Å². The van der Waals surface area contributed by atoms with Gasteiger partial charge in [0.1, 0.15) is 11.5 Å². The maximum atomic E-state index is 12.0. The molecule has 2 aromatic carbocycles. The zero-order valence-corrected chi connectivity index (χ0v) is 15.8. The van der Waals surface area contributed by atoms with Crippen molar-refractivity contribution in [3.05, 3.63) is 65.7 Å². The molecule has 2 aromatic rings. The Morgan fingerprint density at radius 3 is 2.07 bits per heavy atom. The number of nitrogens with one attached hydrogen (secondary N) is 1. The molecular weight excluding hydrogens is 362 g/mol. The van der Waals surface area contributed by atoms with Gasteiger partial charge >= 0.3 is 5.97 Å². The molecule has 7 heteroatoms. The van der Waals surface area contributed by atoms with Crippen LogP contribution in [0.4, 0.5) is 5.69 Å². The van der Waals surface area contributed by atoms with E-state index in [4.69, 9.17) is 9.47 Å². The number of esters is 1. The molecule has 7 nitrogen and oxygen atoms in total. The predicted molar refractivity (Wildman–Crippen MR) is 104 cm³/mol. The van der Waals surface area contributed by atoms with Crippen molar-refractivity contribution in [3.8, 4) is 5.75 Å². The molecule has 0 unspecified atom stereocenters. The van der Waals surface area contributed by atoms with E-state index >= 15 is 0 Å². The molecule has 0 heterocycles. The number of methoxy groups -OCH3 is 1. The van der Waals surface area contributed by atoms with Gasteiger partial charge < -0.3 is 19.9 Å². The Kier molecular flexibility index (Phi) is 6.92. The normalized spacial score (nSPS) is 11.1. The molecule has 0 aromatic heterocycles. The molecule has 0 aliphatic carbocycles. The lowest BCUT2D eigenvalue weighted by atomic mass is 10.1. The second kappa shape index (κ2) is 9.36. The number of carbonyl (C=O) groups is 3. The molecule has 0 spiro atoms. The first-order chi connectivity index (χ1) is 13.3. The number of hydrogen-bond acceptors (Lipinski definition) is 6. The molecule has 146 valence electrons. The Bertz CT molecular complexity index is 882. The highest BCUT2D eigenvalue weighted by molar-refractivity contribution is 6.45. The molecule has 0 aliphatic rings. The van der Waals surface area contributed by atoms with Gasteiger partial charge in [-0.05, 0) is 62.4 Å². The second-order valence-electron chi connectivity index (χ2n) is 6.11. The number of ketones is 1. The van der Waals surface area contributed by atoms with Gasteiger partial charge in [-0.1, -0.05) is 0 Å². The minimum atomic E-state index is -0.920. The molecule has 0 bridgehead atoms. The molecule has 0 atom stereocenters. The maximum absolute atomic E-state index is 12.0. The second-order valence-corrected chi connectivity index (χ2v) is 6.11. The number of benzene rings is 2. The predicted octanol–water partition coefficient (Wildman–Crippen LogP) is 3.37. The number of aliphatic hydroxyl groups excluding tert-OH is 1. The molecule has 1 amide bonds. The van der Waals surface area contributed by atoms with Gasteiger partial charge in [-0.25, -0.2) is 4.79 Å². The zero-order chi connectivity index (χ0) is 20.7. The van der Waals surface area contributed by atoms with Crippen molar-refractivity contribution < 1.29 is 29.0 Å². The molecule has 2 rings (SSSR count). The summed E-state index contributed by atoms with van der Waals surface area (Å²) < 4.78 is 10.1. The minimum Gasteiger partial charge on any atom is -0.507 e. The summed E-state index contributed by atoms with van der Waals surface area (Å²) in [6, 6.07) is 12.3. The van der Waals surface area contributed by atoms with E-state index in [9.17, 15) is 19.5 Å². The highest BCUT2D eigenvalue weighted by atomic mass is 16.5. The number of rotatable bonds is 7. The van der Waals surface area contributed by atoms with Gasteiger partial charge in [0.25, 0.3) is 5.91 Å². The third-order valence-corrected chi connectivity index (χ3v) is 3.60. The van der Waals surface area contributed by atoms with Crippen LogP contribution < -0.4 is 10.1 Å². The highest BCUT2D eigenvalue weighted by Crippen LogP contribution is 2.17. The molecule has 0 saturated heterocycles. The lowest BCUT2D eigenvalue weighted by Crippen LogP contribution is -2.21. The summed E-state index contributed by atoms with van der Waals surface area (Å²) in [5, 5.41) is 12.4. The molecule has 0 radical (unpaired) electrons. The van der Waals surface area contributed by atoms with Crippen molar-refractivity contribution in [1.29, 1.82) is 0 Å². The van der Waals surface area contributed by atoms with Crippen molar-refractivity contribution in [2.24, 2.45) is 0 Å². The minimum absolute atomic E-state index is 0.241. The highest BCUT2D eigenvalue weighted by Gasteiger charge is 2.14. The summed E-state index contributed by atoms with van der Waals surface area (Å²) in [6.07, 6.45) is 0.598. The standard InChI is InChI=1S/C21H21NO6/c1-13(2)28-21(26)15-4-8-16(9-5-15)22-20(25)19(24)12-18(23)14-6-10-17(27-3)11-7-14/h4-13,23H,1-3H3,(H,22,25). The van der Waals surface area contributed by atoms with E-state index in [-0.39, 0.29) is 11.9 Å². The molecular formula is C21H21NO6. The summed E-state index contributed by atoms with van der Waals surface area (Å²) in [6.45, 7) is 3.49. The maximum Gasteiger partial charge on any atom is 0.338 e. The smallest absolute Gasteiger partial charge is 0.338 e. The monoisotopic (exact) mass is 383 g/mol. The first-order valence-electron chi connectivity index (χ1n) is 8.51. The van der Waals surface area contributed by atoms with Gasteiger partial charge in [-0.15, -0.1) is 0 Å².